The number of sulfone groups is 1. The van der Waals surface area contributed by atoms with Crippen LogP contribution in [-0.2, 0) is 14.6 Å². The summed E-state index contributed by atoms with van der Waals surface area (Å²) in [6.07, 6.45) is 0.383. The number of fused-ring (bicyclic) bond motifs is 4. The van der Waals surface area contributed by atoms with Gasteiger partial charge in [-0.15, -0.1) is 0 Å². The Balaban J connectivity index is 1.84. The lowest BCUT2D eigenvalue weighted by atomic mass is 9.81. The van der Waals surface area contributed by atoms with Gasteiger partial charge in [-0.1, -0.05) is 23.8 Å². The molecule has 2 aromatic carbocycles. The van der Waals surface area contributed by atoms with Crippen LogP contribution in [0.25, 0.3) is 0 Å². The number of ether oxygens (including phenoxy) is 2. The maximum Gasteiger partial charge on any atom is 0.242 e. The van der Waals surface area contributed by atoms with Gasteiger partial charge in [0.05, 0.1) is 12.0 Å². The molecule has 2 bridgehead atoms. The Morgan fingerprint density at radius 2 is 1.89 bits per heavy atom. The Bertz CT molecular complexity index is 1020. The van der Waals surface area contributed by atoms with Gasteiger partial charge in [-0.3, -0.25) is 4.79 Å². The Labute approximate surface area is 158 Å². The lowest BCUT2D eigenvalue weighted by Crippen LogP contribution is -2.63. The molecule has 142 valence electrons. The van der Waals surface area contributed by atoms with E-state index < -0.39 is 32.6 Å². The van der Waals surface area contributed by atoms with E-state index in [4.69, 9.17) is 9.47 Å². The van der Waals surface area contributed by atoms with Crippen molar-refractivity contribution < 1.29 is 22.7 Å². The predicted molar refractivity (Wildman–Crippen MR) is 99.7 cm³/mol. The summed E-state index contributed by atoms with van der Waals surface area (Å²) in [5.74, 6) is 0.124. The van der Waals surface area contributed by atoms with Crippen LogP contribution >= 0.6 is 0 Å². The molecule has 2 aromatic rings. The van der Waals surface area contributed by atoms with E-state index in [-0.39, 0.29) is 4.90 Å². The molecule has 2 heterocycles. The quantitative estimate of drug-likeness (QED) is 0.875. The molecule has 0 radical (unpaired) electrons. The molecule has 1 amide bonds. The largest absolute Gasteiger partial charge is 0.497 e. The highest BCUT2D eigenvalue weighted by molar-refractivity contribution is 7.92. The summed E-state index contributed by atoms with van der Waals surface area (Å²) in [7, 11) is -2.31. The van der Waals surface area contributed by atoms with E-state index in [0.717, 1.165) is 5.56 Å². The fraction of sp³-hybridized carbons (Fsp3) is 0.350. The second kappa shape index (κ2) is 5.99. The Morgan fingerprint density at radius 3 is 2.56 bits per heavy atom. The fourth-order valence-electron chi connectivity index (χ4n) is 3.94. The molecule has 0 spiro atoms. The summed E-state index contributed by atoms with van der Waals surface area (Å²) in [6.45, 7) is 3.65. The monoisotopic (exact) mass is 387 g/mol. The van der Waals surface area contributed by atoms with Gasteiger partial charge in [0.2, 0.25) is 5.91 Å². The minimum Gasteiger partial charge on any atom is -0.497 e. The first-order valence-corrected chi connectivity index (χ1v) is 10.3. The first-order chi connectivity index (χ1) is 12.7. The summed E-state index contributed by atoms with van der Waals surface area (Å²) in [5, 5.41) is 1.55. The molecule has 0 unspecified atom stereocenters. The van der Waals surface area contributed by atoms with Gasteiger partial charge in [0.25, 0.3) is 0 Å². The topological polar surface area (TPSA) is 81.7 Å². The van der Waals surface area contributed by atoms with E-state index in [0.29, 0.717) is 23.5 Å². The first-order valence-electron chi connectivity index (χ1n) is 8.73. The molecule has 27 heavy (non-hydrogen) atoms. The van der Waals surface area contributed by atoms with Gasteiger partial charge >= 0.3 is 0 Å². The van der Waals surface area contributed by atoms with Crippen LogP contribution in [0.15, 0.2) is 47.4 Å². The third-order valence-corrected chi connectivity index (χ3v) is 7.40. The van der Waals surface area contributed by atoms with Crippen molar-refractivity contribution >= 4 is 15.7 Å². The van der Waals surface area contributed by atoms with Gasteiger partial charge in [0, 0.05) is 18.4 Å². The van der Waals surface area contributed by atoms with Crippen LogP contribution in [0.1, 0.15) is 30.4 Å². The summed E-state index contributed by atoms with van der Waals surface area (Å²) < 4.78 is 37.9. The van der Waals surface area contributed by atoms with E-state index in [2.05, 4.69) is 5.32 Å². The molecule has 2 aliphatic rings. The molecule has 0 aromatic heterocycles. The van der Waals surface area contributed by atoms with E-state index in [1.54, 1.807) is 56.5 Å². The standard InChI is InChI=1S/C20H21NO5S/c1-12-4-7-14(8-5-12)27(23,24)18-16-11-20(2,21-19(18)22)26-17-10-13(25-3)6-9-15(16)17/h4-10,16,18H,11H2,1-3H3,(H,21,22)/t16-,18+,20-/m0/s1. The minimum absolute atomic E-state index is 0.151. The number of hydrogen-bond donors (Lipinski definition) is 1. The number of carbonyl (C=O) groups excluding carboxylic acids is 1. The Kier molecular flexibility index (Phi) is 3.96. The van der Waals surface area contributed by atoms with E-state index >= 15 is 0 Å². The van der Waals surface area contributed by atoms with Gasteiger partial charge in [-0.25, -0.2) is 8.42 Å². The second-order valence-corrected chi connectivity index (χ2v) is 9.38. The third-order valence-electron chi connectivity index (χ3n) is 5.26. The number of benzene rings is 2. The number of carbonyl (C=O) groups is 1. The van der Waals surface area contributed by atoms with Gasteiger partial charge in [-0.05, 0) is 37.6 Å². The van der Waals surface area contributed by atoms with Crippen LogP contribution in [0.4, 0.5) is 0 Å². The highest BCUT2D eigenvalue weighted by Crippen LogP contribution is 2.48. The van der Waals surface area contributed by atoms with Crippen molar-refractivity contribution in [2.75, 3.05) is 7.11 Å². The average molecular weight is 387 g/mol. The molecule has 1 fully saturated rings. The molecular weight excluding hydrogens is 366 g/mol. The highest BCUT2D eigenvalue weighted by Gasteiger charge is 2.54. The zero-order chi connectivity index (χ0) is 19.4. The molecule has 1 N–H and O–H groups in total. The molecule has 0 aliphatic carbocycles. The second-order valence-electron chi connectivity index (χ2n) is 7.32. The number of rotatable bonds is 3. The van der Waals surface area contributed by atoms with Crippen LogP contribution in [0.3, 0.4) is 0 Å². The SMILES string of the molecule is COc1ccc2c(c1)O[C@@]1(C)C[C@@H]2[C@@H](S(=O)(=O)c2ccc(C)cc2)C(=O)N1. The normalized spacial score (nSPS) is 26.6. The maximum atomic E-state index is 13.3. The third kappa shape index (κ3) is 2.86. The minimum atomic E-state index is -3.86. The van der Waals surface area contributed by atoms with E-state index in [1.807, 2.05) is 6.92 Å². The Morgan fingerprint density at radius 1 is 1.19 bits per heavy atom. The van der Waals surface area contributed by atoms with Crippen molar-refractivity contribution in [2.24, 2.45) is 0 Å². The predicted octanol–water partition coefficient (Wildman–Crippen LogP) is 2.56. The summed E-state index contributed by atoms with van der Waals surface area (Å²) in [4.78, 5) is 13.0. The van der Waals surface area contributed by atoms with Crippen molar-refractivity contribution in [3.05, 3.63) is 53.6 Å². The van der Waals surface area contributed by atoms with Gasteiger partial charge in [-0.2, -0.15) is 0 Å². The van der Waals surface area contributed by atoms with Crippen molar-refractivity contribution in [3.8, 4) is 11.5 Å². The molecular formula is C20H21NO5S. The molecule has 1 saturated heterocycles. The van der Waals surface area contributed by atoms with Crippen molar-refractivity contribution in [1.29, 1.82) is 0 Å². The highest BCUT2D eigenvalue weighted by atomic mass is 32.2. The van der Waals surface area contributed by atoms with Crippen molar-refractivity contribution in [3.63, 3.8) is 0 Å². The number of methoxy groups -OCH3 is 1. The van der Waals surface area contributed by atoms with E-state index in [1.165, 1.54) is 0 Å². The zero-order valence-electron chi connectivity index (χ0n) is 15.4. The number of nitrogens with one attached hydrogen (secondary N) is 1. The van der Waals surface area contributed by atoms with Crippen molar-refractivity contribution in [1.82, 2.24) is 5.32 Å². The van der Waals surface area contributed by atoms with Crippen LogP contribution in [0.2, 0.25) is 0 Å². The van der Waals surface area contributed by atoms with Crippen molar-refractivity contribution in [2.45, 2.75) is 42.1 Å². The summed E-state index contributed by atoms with van der Waals surface area (Å²) >= 11 is 0. The van der Waals surface area contributed by atoms with Crippen LogP contribution in [0, 0.1) is 6.92 Å². The fourth-order valence-corrected chi connectivity index (χ4v) is 5.77. The van der Waals surface area contributed by atoms with Gasteiger partial charge in [0.1, 0.15) is 11.5 Å². The van der Waals surface area contributed by atoms with Gasteiger partial charge < -0.3 is 14.8 Å². The van der Waals surface area contributed by atoms with Crippen LogP contribution in [-0.4, -0.2) is 32.4 Å². The number of amides is 1. The molecule has 3 atom stereocenters. The van der Waals surface area contributed by atoms with Gasteiger partial charge in [0.15, 0.2) is 20.8 Å². The molecule has 4 rings (SSSR count). The summed E-state index contributed by atoms with van der Waals surface area (Å²) in [6, 6.07) is 11.9. The number of aryl methyl sites for hydroxylation is 1. The average Bonchev–Trinajstić information content (AvgIpc) is 2.60. The first kappa shape index (κ1) is 17.9. The summed E-state index contributed by atoms with van der Waals surface area (Å²) in [5.41, 5.74) is 0.724. The zero-order valence-corrected chi connectivity index (χ0v) is 16.2. The van der Waals surface area contributed by atoms with E-state index in [9.17, 15) is 13.2 Å². The molecule has 6 nitrogen and oxygen atoms in total. The maximum absolute atomic E-state index is 13.3. The lowest BCUT2D eigenvalue weighted by molar-refractivity contribution is -0.132. The number of piperidine rings is 1. The lowest BCUT2D eigenvalue weighted by Gasteiger charge is -2.46. The van der Waals surface area contributed by atoms with Crippen LogP contribution in [0.5, 0.6) is 11.5 Å². The molecule has 2 aliphatic heterocycles. The molecule has 0 saturated carbocycles. The molecule has 7 heteroatoms. The Hall–Kier alpha value is -2.54. The van der Waals surface area contributed by atoms with Crippen LogP contribution < -0.4 is 14.8 Å². The smallest absolute Gasteiger partial charge is 0.242 e. The number of hydrogen-bond acceptors (Lipinski definition) is 5.